The van der Waals surface area contributed by atoms with Gasteiger partial charge in [-0.25, -0.2) is 18.4 Å². The number of aromatic hydroxyl groups is 1. The standard InChI is InChI=1S/C22H19Cl2N5O4S/c1-11(2)29-9-15(18-21(25)26-10-27-22(18)29)19(30)12-4-3-5-14(6-12)28-34(32,33)17-8-13(23)7-16(24)20(17)31/h3-11,28,31H,1-2H3,(H2,25,26,27). The van der Waals surface area contributed by atoms with Crippen LogP contribution >= 0.6 is 23.2 Å². The van der Waals surface area contributed by atoms with Crippen molar-refractivity contribution in [3.05, 3.63) is 70.1 Å². The molecule has 0 unspecified atom stereocenters. The van der Waals surface area contributed by atoms with Gasteiger partial charge in [0.05, 0.1) is 16.0 Å². The lowest BCUT2D eigenvalue weighted by molar-refractivity contribution is 0.104. The van der Waals surface area contributed by atoms with Crippen molar-refractivity contribution in [3.8, 4) is 5.75 Å². The summed E-state index contributed by atoms with van der Waals surface area (Å²) >= 11 is 11.7. The molecule has 0 spiro atoms. The van der Waals surface area contributed by atoms with Gasteiger partial charge in [0, 0.05) is 28.5 Å². The van der Waals surface area contributed by atoms with Crippen molar-refractivity contribution < 1.29 is 18.3 Å². The minimum atomic E-state index is -4.27. The predicted octanol–water partition coefficient (Wildman–Crippen LogP) is 4.64. The van der Waals surface area contributed by atoms with E-state index in [1.54, 1.807) is 12.3 Å². The molecule has 9 nitrogen and oxygen atoms in total. The Morgan fingerprint density at radius 3 is 2.62 bits per heavy atom. The Hall–Kier alpha value is -3.34. The average Bonchev–Trinajstić information content (AvgIpc) is 3.17. The van der Waals surface area contributed by atoms with Crippen LogP contribution in [0.3, 0.4) is 0 Å². The molecule has 0 saturated carbocycles. The highest BCUT2D eigenvalue weighted by molar-refractivity contribution is 7.92. The molecule has 0 saturated heterocycles. The fraction of sp³-hybridized carbons (Fsp3) is 0.136. The molecule has 0 fully saturated rings. The zero-order valence-electron chi connectivity index (χ0n) is 18.0. The van der Waals surface area contributed by atoms with Crippen molar-refractivity contribution in [3.63, 3.8) is 0 Å². The minimum Gasteiger partial charge on any atom is -0.505 e. The van der Waals surface area contributed by atoms with Crippen LogP contribution in [0.15, 0.2) is 53.8 Å². The lowest BCUT2D eigenvalue weighted by Crippen LogP contribution is -2.14. The van der Waals surface area contributed by atoms with Crippen molar-refractivity contribution in [2.45, 2.75) is 24.8 Å². The molecule has 0 amide bonds. The first-order valence-electron chi connectivity index (χ1n) is 9.96. The van der Waals surface area contributed by atoms with E-state index in [9.17, 15) is 18.3 Å². The van der Waals surface area contributed by atoms with Crippen molar-refractivity contribution in [2.75, 3.05) is 10.5 Å². The number of nitrogens with two attached hydrogens (primary N) is 1. The second-order valence-electron chi connectivity index (χ2n) is 7.75. The van der Waals surface area contributed by atoms with Crippen LogP contribution in [0.1, 0.15) is 35.8 Å². The van der Waals surface area contributed by atoms with Gasteiger partial charge < -0.3 is 15.4 Å². The van der Waals surface area contributed by atoms with Gasteiger partial charge in [0.15, 0.2) is 11.5 Å². The molecule has 0 radical (unpaired) electrons. The first kappa shape index (κ1) is 23.8. The van der Waals surface area contributed by atoms with E-state index in [-0.39, 0.29) is 38.9 Å². The summed E-state index contributed by atoms with van der Waals surface area (Å²) in [4.78, 5) is 21.2. The number of carbonyl (C=O) groups is 1. The molecule has 34 heavy (non-hydrogen) atoms. The van der Waals surface area contributed by atoms with Crippen molar-refractivity contribution in [2.24, 2.45) is 0 Å². The Bertz CT molecular complexity index is 1550. The summed E-state index contributed by atoms with van der Waals surface area (Å²) in [5.74, 6) is -0.860. The molecule has 0 aliphatic carbocycles. The highest BCUT2D eigenvalue weighted by Gasteiger charge is 2.24. The molecule has 4 N–H and O–H groups in total. The summed E-state index contributed by atoms with van der Waals surface area (Å²) < 4.78 is 29.9. The van der Waals surface area contributed by atoms with Crippen LogP contribution in [0.2, 0.25) is 10.0 Å². The zero-order chi connectivity index (χ0) is 24.8. The maximum absolute atomic E-state index is 13.4. The highest BCUT2D eigenvalue weighted by atomic mass is 35.5. The van der Waals surface area contributed by atoms with Gasteiger partial charge in [-0.2, -0.15) is 0 Å². The number of benzene rings is 2. The van der Waals surface area contributed by atoms with Gasteiger partial charge in [0.2, 0.25) is 0 Å². The number of hydrogen-bond acceptors (Lipinski definition) is 7. The number of phenolic OH excluding ortho intramolecular Hbond substituents is 1. The number of phenols is 1. The largest absolute Gasteiger partial charge is 0.505 e. The fourth-order valence-corrected chi connectivity index (χ4v) is 5.32. The van der Waals surface area contributed by atoms with Crippen LogP contribution in [-0.2, 0) is 10.0 Å². The van der Waals surface area contributed by atoms with Gasteiger partial charge in [-0.15, -0.1) is 0 Å². The van der Waals surface area contributed by atoms with Crippen LogP contribution in [0.5, 0.6) is 5.75 Å². The summed E-state index contributed by atoms with van der Waals surface area (Å²) in [6, 6.07) is 8.22. The number of nitrogen functional groups attached to an aromatic ring is 1. The zero-order valence-corrected chi connectivity index (χ0v) is 20.3. The summed E-state index contributed by atoms with van der Waals surface area (Å²) in [6.45, 7) is 3.89. The first-order valence-corrected chi connectivity index (χ1v) is 12.2. The van der Waals surface area contributed by atoms with Gasteiger partial charge in [-0.05, 0) is 38.1 Å². The molecule has 2 heterocycles. The Labute approximate surface area is 205 Å². The summed E-state index contributed by atoms with van der Waals surface area (Å²) in [5, 5.41) is 10.4. The molecule has 0 aliphatic heterocycles. The van der Waals surface area contributed by atoms with Crippen LogP contribution in [0.25, 0.3) is 11.0 Å². The molecule has 4 aromatic rings. The molecule has 2 aromatic carbocycles. The molecular weight excluding hydrogens is 501 g/mol. The topological polar surface area (TPSA) is 140 Å². The predicted molar refractivity (Wildman–Crippen MR) is 131 cm³/mol. The Morgan fingerprint density at radius 1 is 1.18 bits per heavy atom. The molecule has 0 bridgehead atoms. The molecule has 176 valence electrons. The van der Waals surface area contributed by atoms with Crippen LogP contribution in [-0.4, -0.2) is 33.8 Å². The van der Waals surface area contributed by atoms with Crippen LogP contribution in [0.4, 0.5) is 11.5 Å². The van der Waals surface area contributed by atoms with Crippen LogP contribution < -0.4 is 10.5 Å². The van der Waals surface area contributed by atoms with E-state index in [0.717, 1.165) is 6.07 Å². The first-order chi connectivity index (χ1) is 16.0. The van der Waals surface area contributed by atoms with Gasteiger partial charge >= 0.3 is 0 Å². The molecule has 12 heteroatoms. The van der Waals surface area contributed by atoms with E-state index in [0.29, 0.717) is 16.6 Å². The van der Waals surface area contributed by atoms with E-state index in [1.807, 2.05) is 18.4 Å². The molecule has 4 rings (SSSR count). The Kier molecular flexibility index (Phi) is 6.15. The number of fused-ring (bicyclic) bond motifs is 1. The summed E-state index contributed by atoms with van der Waals surface area (Å²) in [5.41, 5.74) is 7.17. The molecule has 0 atom stereocenters. The fourth-order valence-electron chi connectivity index (χ4n) is 3.51. The second-order valence-corrected chi connectivity index (χ2v) is 10.2. The summed E-state index contributed by atoms with van der Waals surface area (Å²) in [7, 11) is -4.27. The lowest BCUT2D eigenvalue weighted by Gasteiger charge is -2.12. The van der Waals surface area contributed by atoms with Gasteiger partial charge in [-0.1, -0.05) is 35.3 Å². The number of hydrogen-bond donors (Lipinski definition) is 3. The Morgan fingerprint density at radius 2 is 1.91 bits per heavy atom. The number of rotatable bonds is 6. The third kappa shape index (κ3) is 4.27. The number of sulfonamides is 1. The van der Waals surface area contributed by atoms with Gasteiger partial charge in [0.25, 0.3) is 10.0 Å². The molecule has 2 aromatic heterocycles. The number of nitrogens with one attached hydrogen (secondary N) is 1. The van der Waals surface area contributed by atoms with E-state index in [1.165, 1.54) is 30.6 Å². The number of halogens is 2. The Balaban J connectivity index is 1.74. The average molecular weight is 520 g/mol. The third-order valence-corrected chi connectivity index (χ3v) is 7.00. The normalized spacial score (nSPS) is 11.8. The summed E-state index contributed by atoms with van der Waals surface area (Å²) in [6.07, 6.45) is 2.99. The number of anilines is 2. The van der Waals surface area contributed by atoms with Crippen molar-refractivity contribution >= 4 is 61.5 Å². The SMILES string of the molecule is CC(C)n1cc(C(=O)c2cccc(NS(=O)(=O)c3cc(Cl)cc(Cl)c3O)c2)c2c(N)ncnc21. The monoisotopic (exact) mass is 519 g/mol. The smallest absolute Gasteiger partial charge is 0.265 e. The minimum absolute atomic E-state index is 0.00805. The lowest BCUT2D eigenvalue weighted by atomic mass is 10.0. The van der Waals surface area contributed by atoms with E-state index < -0.39 is 20.7 Å². The van der Waals surface area contributed by atoms with Gasteiger partial charge in [0.1, 0.15) is 22.7 Å². The van der Waals surface area contributed by atoms with Crippen molar-refractivity contribution in [1.29, 1.82) is 0 Å². The van der Waals surface area contributed by atoms with Gasteiger partial charge in [-0.3, -0.25) is 9.52 Å². The number of aromatic nitrogens is 3. The van der Waals surface area contributed by atoms with E-state index in [4.69, 9.17) is 28.9 Å². The second kappa shape index (κ2) is 8.79. The quantitative estimate of drug-likeness (QED) is 0.315. The number of ketones is 1. The van der Waals surface area contributed by atoms with E-state index >= 15 is 0 Å². The van der Waals surface area contributed by atoms with Crippen molar-refractivity contribution in [1.82, 2.24) is 14.5 Å². The number of carbonyl (C=O) groups excluding carboxylic acids is 1. The number of nitrogens with zero attached hydrogens (tertiary/aromatic N) is 3. The van der Waals surface area contributed by atoms with Crippen LogP contribution in [0, 0.1) is 0 Å². The highest BCUT2D eigenvalue weighted by Crippen LogP contribution is 2.35. The van der Waals surface area contributed by atoms with E-state index in [2.05, 4.69) is 14.7 Å². The maximum Gasteiger partial charge on any atom is 0.265 e. The third-order valence-electron chi connectivity index (χ3n) is 5.10. The molecular formula is C22H19Cl2N5O4S. The maximum atomic E-state index is 13.4. The molecule has 0 aliphatic rings.